The van der Waals surface area contributed by atoms with Crippen LogP contribution in [0.15, 0.2) is 30.3 Å². The van der Waals surface area contributed by atoms with Gasteiger partial charge in [0.1, 0.15) is 0 Å². The molecule has 0 radical (unpaired) electrons. The Kier molecular flexibility index (Phi) is 64.2. The molecule has 0 atom stereocenters. The quantitative estimate of drug-likeness (QED) is 0.349. The van der Waals surface area contributed by atoms with E-state index < -0.39 is 0 Å². The maximum atomic E-state index is 2.89. The predicted molar refractivity (Wildman–Crippen MR) is 39.7 cm³/mol. The molecule has 0 saturated carbocycles. The van der Waals surface area contributed by atoms with Crippen LogP contribution in [-0.4, -0.2) is 21.9 Å². The van der Waals surface area contributed by atoms with Crippen molar-refractivity contribution in [2.45, 2.75) is 0 Å². The van der Waals surface area contributed by atoms with Gasteiger partial charge < -0.3 is 21.9 Å². The van der Waals surface area contributed by atoms with Crippen LogP contribution in [0.3, 0.4) is 0 Å². The summed E-state index contributed by atoms with van der Waals surface area (Å²) in [6, 6.07) is 12.5. The summed E-state index contributed by atoms with van der Waals surface area (Å²) >= 11 is 0. The van der Waals surface area contributed by atoms with Crippen molar-refractivity contribution in [3.63, 3.8) is 0 Å². The van der Waals surface area contributed by atoms with Crippen LogP contribution in [0.4, 0.5) is 0 Å². The maximum Gasteiger partial charge on any atom is 0 e. The first kappa shape index (κ1) is 31.2. The maximum absolute atomic E-state index is 2.89. The van der Waals surface area contributed by atoms with Crippen molar-refractivity contribution in [1.29, 1.82) is 0 Å². The summed E-state index contributed by atoms with van der Waals surface area (Å²) in [7, 11) is 0. The van der Waals surface area contributed by atoms with Crippen molar-refractivity contribution < 1.29 is 39.0 Å². The second kappa shape index (κ2) is 22.7. The van der Waals surface area contributed by atoms with Gasteiger partial charge in [0, 0.05) is 17.1 Å². The van der Waals surface area contributed by atoms with E-state index in [2.05, 4.69) is 6.07 Å². The van der Waals surface area contributed by atoms with Crippen LogP contribution in [0.5, 0.6) is 0 Å². The van der Waals surface area contributed by atoms with Crippen molar-refractivity contribution in [2.24, 2.45) is 0 Å². The summed E-state index contributed by atoms with van der Waals surface area (Å²) in [4.78, 5) is 0. The molecule has 70 valence electrons. The topological polar surface area (TPSA) is 126 Å². The molecule has 5 heteroatoms. The van der Waals surface area contributed by atoms with Gasteiger partial charge in [-0.05, 0) is 0 Å². The van der Waals surface area contributed by atoms with Gasteiger partial charge in [0.15, 0.2) is 0 Å². The average molecular weight is 205 g/mol. The smallest absolute Gasteiger partial charge is 0 e. The third-order valence-corrected chi connectivity index (χ3v) is 0.607. The van der Waals surface area contributed by atoms with Crippen LogP contribution in [0.25, 0.3) is 0 Å². The summed E-state index contributed by atoms with van der Waals surface area (Å²) in [6.07, 6.45) is 0. The van der Waals surface area contributed by atoms with E-state index in [-0.39, 0.29) is 39.0 Å². The molecule has 4 nitrogen and oxygen atoms in total. The normalized spacial score (nSPS) is 4.36. The first-order valence-corrected chi connectivity index (χ1v) is 1.91. The van der Waals surface area contributed by atoms with Gasteiger partial charge in [-0.1, -0.05) is 0 Å². The summed E-state index contributed by atoms with van der Waals surface area (Å²) in [5, 5.41) is 0. The van der Waals surface area contributed by atoms with Crippen LogP contribution in [0.1, 0.15) is 0 Å². The van der Waals surface area contributed by atoms with Crippen molar-refractivity contribution in [1.82, 2.24) is 0 Å². The first-order chi connectivity index (χ1) is 3.00. The number of benzene rings is 1. The Morgan fingerprint density at radius 2 is 1.00 bits per heavy atom. The summed E-state index contributed by atoms with van der Waals surface area (Å²) in [6.45, 7) is 0. The Balaban J connectivity index is -0.0000000240. The second-order valence-electron chi connectivity index (χ2n) is 1.08. The van der Waals surface area contributed by atoms with Crippen molar-refractivity contribution in [3.05, 3.63) is 36.4 Å². The van der Waals surface area contributed by atoms with E-state index in [0.29, 0.717) is 0 Å². The molecule has 0 saturated heterocycles. The van der Waals surface area contributed by atoms with Crippen molar-refractivity contribution >= 4 is 0 Å². The Morgan fingerprint density at radius 3 is 1.09 bits per heavy atom. The van der Waals surface area contributed by atoms with Crippen molar-refractivity contribution in [3.8, 4) is 0 Å². The number of hydrogen-bond donors (Lipinski definition) is 0. The van der Waals surface area contributed by atoms with E-state index >= 15 is 0 Å². The first-order valence-electron chi connectivity index (χ1n) is 1.91. The summed E-state index contributed by atoms with van der Waals surface area (Å²) < 4.78 is 0. The number of hydrogen-bond acceptors (Lipinski definition) is 0. The van der Waals surface area contributed by atoms with Gasteiger partial charge in [-0.3, -0.25) is 0 Å². The molecule has 8 N–H and O–H groups in total. The average Bonchev–Trinajstić information content (AvgIpc) is 1.72. The van der Waals surface area contributed by atoms with Crippen LogP contribution in [0.2, 0.25) is 0 Å². The molecule has 0 fully saturated rings. The fourth-order valence-electron chi connectivity index (χ4n) is 0.342. The molecular weight excluding hydrogens is 192 g/mol. The largest absolute Gasteiger partial charge is 0.412 e. The minimum Gasteiger partial charge on any atom is -0.412 e. The van der Waals surface area contributed by atoms with E-state index in [1.807, 2.05) is 30.3 Å². The zero-order chi connectivity index (χ0) is 4.24. The van der Waals surface area contributed by atoms with Crippen LogP contribution < -0.4 is 0 Å². The molecule has 0 unspecified atom stereocenters. The standard InChI is InChI=1S/C6H5.Fe.4H2O/c1-2-4-6-5-3-1;;;;;/h1-5H;;4*1H2/q-1;;;;;. The molecule has 0 spiro atoms. The Hall–Kier alpha value is -0.421. The van der Waals surface area contributed by atoms with Crippen molar-refractivity contribution in [2.75, 3.05) is 0 Å². The van der Waals surface area contributed by atoms with Crippen LogP contribution >= 0.6 is 0 Å². The third kappa shape index (κ3) is 17.7. The van der Waals surface area contributed by atoms with E-state index in [1.165, 1.54) is 0 Å². The monoisotopic (exact) mass is 205 g/mol. The molecular formula is C6H13FeO4-. The van der Waals surface area contributed by atoms with Gasteiger partial charge in [0.25, 0.3) is 0 Å². The van der Waals surface area contributed by atoms with Gasteiger partial charge in [-0.25, -0.2) is 0 Å². The molecule has 0 aromatic heterocycles. The molecule has 0 aliphatic heterocycles. The fraction of sp³-hybridized carbons (Fsp3) is 0. The fourth-order valence-corrected chi connectivity index (χ4v) is 0.342. The van der Waals surface area contributed by atoms with E-state index in [4.69, 9.17) is 0 Å². The molecule has 1 rings (SSSR count). The van der Waals surface area contributed by atoms with Gasteiger partial charge in [0.2, 0.25) is 0 Å². The minimum atomic E-state index is 0. The predicted octanol–water partition coefficient (Wildman–Crippen LogP) is -1.81. The van der Waals surface area contributed by atoms with Gasteiger partial charge >= 0.3 is 0 Å². The molecule has 0 amide bonds. The molecule has 0 aliphatic rings. The number of rotatable bonds is 0. The Labute approximate surface area is 76.0 Å². The molecule has 1 aromatic carbocycles. The zero-order valence-corrected chi connectivity index (χ0v) is 6.84. The third-order valence-electron chi connectivity index (χ3n) is 0.607. The molecule has 0 bridgehead atoms. The van der Waals surface area contributed by atoms with Gasteiger partial charge in [0.05, 0.1) is 0 Å². The molecule has 0 aliphatic carbocycles. The summed E-state index contributed by atoms with van der Waals surface area (Å²) in [5.41, 5.74) is 0. The van der Waals surface area contributed by atoms with E-state index in [0.717, 1.165) is 0 Å². The van der Waals surface area contributed by atoms with Gasteiger partial charge in [-0.15, -0.1) is 0 Å². The Morgan fingerprint density at radius 1 is 0.636 bits per heavy atom. The minimum absolute atomic E-state index is 0. The van der Waals surface area contributed by atoms with E-state index in [9.17, 15) is 0 Å². The van der Waals surface area contributed by atoms with Gasteiger partial charge in [-0.2, -0.15) is 36.4 Å². The second-order valence-corrected chi connectivity index (χ2v) is 1.08. The SMILES string of the molecule is O.O.O.O.[Fe].[c-]1ccccc1. The molecule has 1 aromatic rings. The zero-order valence-electron chi connectivity index (χ0n) is 5.74. The van der Waals surface area contributed by atoms with E-state index in [1.54, 1.807) is 0 Å². The Bertz CT molecular complexity index is 86.5. The molecule has 11 heavy (non-hydrogen) atoms. The van der Waals surface area contributed by atoms with Crippen LogP contribution in [0, 0.1) is 6.07 Å². The molecule has 0 heterocycles. The van der Waals surface area contributed by atoms with Crippen LogP contribution in [-0.2, 0) is 17.1 Å². The summed E-state index contributed by atoms with van der Waals surface area (Å²) in [5.74, 6) is 0.